The van der Waals surface area contributed by atoms with Crippen molar-refractivity contribution in [2.45, 2.75) is 13.3 Å². The zero-order chi connectivity index (χ0) is 11.5. The summed E-state index contributed by atoms with van der Waals surface area (Å²) < 4.78 is 13.9. The van der Waals surface area contributed by atoms with Crippen LogP contribution in [0.4, 0.5) is 4.79 Å². The number of hydrogen-bond donors (Lipinski definition) is 0. The van der Waals surface area contributed by atoms with E-state index >= 15 is 0 Å². The Hall–Kier alpha value is -1.43. The minimum Gasteiger partial charge on any atom is -0.463 e. The lowest BCUT2D eigenvalue weighted by molar-refractivity contribution is -0.143. The van der Waals surface area contributed by atoms with Crippen molar-refractivity contribution < 1.29 is 23.8 Å². The summed E-state index contributed by atoms with van der Waals surface area (Å²) >= 11 is 0. The molecule has 0 radical (unpaired) electrons. The number of aliphatic imine (C=N–C) groups is 1. The van der Waals surface area contributed by atoms with Crippen LogP contribution in [0.2, 0.25) is 0 Å². The molecular formula is C9H15NO5. The maximum Gasteiger partial charge on any atom is 0.432 e. The van der Waals surface area contributed by atoms with Gasteiger partial charge >= 0.3 is 12.1 Å². The van der Waals surface area contributed by atoms with Crippen molar-refractivity contribution >= 4 is 18.3 Å². The first kappa shape index (κ1) is 13.6. The van der Waals surface area contributed by atoms with Gasteiger partial charge in [-0.2, -0.15) is 4.99 Å². The van der Waals surface area contributed by atoms with Crippen molar-refractivity contribution in [1.82, 2.24) is 0 Å². The van der Waals surface area contributed by atoms with Gasteiger partial charge in [-0.1, -0.05) is 0 Å². The number of esters is 1. The largest absolute Gasteiger partial charge is 0.463 e. The van der Waals surface area contributed by atoms with Crippen molar-refractivity contribution in [3.05, 3.63) is 0 Å². The second-order valence-electron chi connectivity index (χ2n) is 2.40. The number of rotatable bonds is 6. The lowest BCUT2D eigenvalue weighted by atomic mass is 10.5. The number of carbonyl (C=O) groups excluding carboxylic acids is 2. The molecule has 0 unspecified atom stereocenters. The maximum atomic E-state index is 11.0. The average Bonchev–Trinajstić information content (AvgIpc) is 2.24. The van der Waals surface area contributed by atoms with Crippen LogP contribution in [0.5, 0.6) is 0 Å². The Morgan fingerprint density at radius 2 is 2.07 bits per heavy atom. The summed E-state index contributed by atoms with van der Waals surface area (Å²) in [4.78, 5) is 24.8. The third-order valence-corrected chi connectivity index (χ3v) is 1.32. The van der Waals surface area contributed by atoms with Gasteiger partial charge in [-0.15, -0.1) is 0 Å². The molecule has 0 N–H and O–H groups in total. The number of amides is 1. The highest BCUT2D eigenvalue weighted by molar-refractivity contribution is 5.90. The fourth-order valence-electron chi connectivity index (χ4n) is 0.665. The van der Waals surface area contributed by atoms with E-state index in [-0.39, 0.29) is 13.0 Å². The van der Waals surface area contributed by atoms with E-state index in [0.717, 1.165) is 6.21 Å². The van der Waals surface area contributed by atoms with Gasteiger partial charge in [0.1, 0.15) is 6.61 Å². The maximum absolute atomic E-state index is 11.0. The van der Waals surface area contributed by atoms with Crippen molar-refractivity contribution in [3.63, 3.8) is 0 Å². The fraction of sp³-hybridized carbons (Fsp3) is 0.667. The van der Waals surface area contributed by atoms with Crippen molar-refractivity contribution in [2.24, 2.45) is 4.99 Å². The zero-order valence-electron chi connectivity index (χ0n) is 8.89. The number of hydrogen-bond acceptors (Lipinski definition) is 5. The van der Waals surface area contributed by atoms with Crippen LogP contribution in [0.1, 0.15) is 13.3 Å². The molecule has 1 amide bonds. The van der Waals surface area contributed by atoms with Gasteiger partial charge in [-0.25, -0.2) is 4.79 Å². The molecule has 0 saturated heterocycles. The summed E-state index contributed by atoms with van der Waals surface area (Å²) in [6.07, 6.45) is 0.355. The molecule has 0 bridgehead atoms. The van der Waals surface area contributed by atoms with E-state index in [0.29, 0.717) is 13.2 Å². The smallest absolute Gasteiger partial charge is 0.432 e. The number of methoxy groups -OCH3 is 1. The summed E-state index contributed by atoms with van der Waals surface area (Å²) in [5, 5.41) is 0. The molecule has 0 aliphatic carbocycles. The van der Waals surface area contributed by atoms with Crippen LogP contribution in [-0.4, -0.2) is 45.2 Å². The Balaban J connectivity index is 3.49. The monoisotopic (exact) mass is 217 g/mol. The van der Waals surface area contributed by atoms with Crippen LogP contribution < -0.4 is 0 Å². The third kappa shape index (κ3) is 8.89. The predicted molar refractivity (Wildman–Crippen MR) is 53.0 cm³/mol. The second kappa shape index (κ2) is 9.14. The van der Waals surface area contributed by atoms with Gasteiger partial charge < -0.3 is 14.2 Å². The standard InChI is InChI=1S/C9H15NO5/c1-3-14-6-7-15-8(11)4-5-10-9(12)13-2/h5H,3-4,6-7H2,1-2H3. The normalized spacial score (nSPS) is 10.3. The molecule has 0 fully saturated rings. The Morgan fingerprint density at radius 3 is 2.67 bits per heavy atom. The third-order valence-electron chi connectivity index (χ3n) is 1.32. The number of nitrogens with zero attached hydrogens (tertiary/aromatic N) is 1. The molecule has 86 valence electrons. The van der Waals surface area contributed by atoms with E-state index in [2.05, 4.69) is 9.73 Å². The molecule has 0 aromatic carbocycles. The first-order valence-corrected chi connectivity index (χ1v) is 4.54. The lowest BCUT2D eigenvalue weighted by Gasteiger charge is -2.02. The molecule has 15 heavy (non-hydrogen) atoms. The molecule has 0 aromatic rings. The topological polar surface area (TPSA) is 74.2 Å². The minimum atomic E-state index is -0.739. The van der Waals surface area contributed by atoms with E-state index in [1.54, 1.807) is 0 Å². The first-order chi connectivity index (χ1) is 7.20. The van der Waals surface area contributed by atoms with Crippen LogP contribution in [0, 0.1) is 0 Å². The van der Waals surface area contributed by atoms with E-state index in [1.807, 2.05) is 6.92 Å². The summed E-state index contributed by atoms with van der Waals surface area (Å²) in [5.74, 6) is -0.456. The molecule has 0 rings (SSSR count). The van der Waals surface area contributed by atoms with E-state index in [9.17, 15) is 9.59 Å². The minimum absolute atomic E-state index is 0.0543. The predicted octanol–water partition coefficient (Wildman–Crippen LogP) is 0.793. The van der Waals surface area contributed by atoms with Gasteiger partial charge in [0.05, 0.1) is 20.1 Å². The van der Waals surface area contributed by atoms with E-state index in [1.165, 1.54) is 7.11 Å². The molecule has 0 heterocycles. The second-order valence-corrected chi connectivity index (χ2v) is 2.40. The van der Waals surface area contributed by atoms with Gasteiger partial charge in [-0.05, 0) is 6.92 Å². The highest BCUT2D eigenvalue weighted by atomic mass is 16.6. The summed E-state index contributed by atoms with van der Waals surface area (Å²) in [7, 11) is 1.21. The van der Waals surface area contributed by atoms with Crippen molar-refractivity contribution in [3.8, 4) is 0 Å². The van der Waals surface area contributed by atoms with Crippen LogP contribution in [-0.2, 0) is 19.0 Å². The molecule has 6 nitrogen and oxygen atoms in total. The number of carbonyl (C=O) groups is 2. The van der Waals surface area contributed by atoms with Gasteiger partial charge in [0.25, 0.3) is 0 Å². The fourth-order valence-corrected chi connectivity index (χ4v) is 0.665. The lowest BCUT2D eigenvalue weighted by Crippen LogP contribution is -2.11. The highest BCUT2D eigenvalue weighted by Crippen LogP contribution is 1.86. The molecular weight excluding hydrogens is 202 g/mol. The van der Waals surface area contributed by atoms with Crippen molar-refractivity contribution in [1.29, 1.82) is 0 Å². The quantitative estimate of drug-likeness (QED) is 0.373. The van der Waals surface area contributed by atoms with Crippen LogP contribution in [0.3, 0.4) is 0 Å². The molecule has 0 saturated carbocycles. The van der Waals surface area contributed by atoms with Gasteiger partial charge in [0.2, 0.25) is 0 Å². The van der Waals surface area contributed by atoms with Gasteiger partial charge in [0.15, 0.2) is 0 Å². The molecule has 0 aliphatic heterocycles. The first-order valence-electron chi connectivity index (χ1n) is 4.54. The molecule has 6 heteroatoms. The zero-order valence-corrected chi connectivity index (χ0v) is 8.89. The molecule has 0 aliphatic rings. The average molecular weight is 217 g/mol. The summed E-state index contributed by atoms with van der Waals surface area (Å²) in [5.41, 5.74) is 0. The summed E-state index contributed by atoms with van der Waals surface area (Å²) in [6, 6.07) is 0. The number of ether oxygens (including phenoxy) is 3. The Kier molecular flexibility index (Phi) is 8.27. The Bertz CT molecular complexity index is 227. The molecule has 0 aromatic heterocycles. The molecule has 0 atom stereocenters. The van der Waals surface area contributed by atoms with E-state index < -0.39 is 12.1 Å². The van der Waals surface area contributed by atoms with Crippen LogP contribution >= 0.6 is 0 Å². The van der Waals surface area contributed by atoms with E-state index in [4.69, 9.17) is 9.47 Å². The van der Waals surface area contributed by atoms with Crippen molar-refractivity contribution in [2.75, 3.05) is 26.9 Å². The van der Waals surface area contributed by atoms with Crippen LogP contribution in [0.25, 0.3) is 0 Å². The highest BCUT2D eigenvalue weighted by Gasteiger charge is 2.00. The van der Waals surface area contributed by atoms with Gasteiger partial charge in [-0.3, -0.25) is 4.79 Å². The van der Waals surface area contributed by atoms with Gasteiger partial charge in [0, 0.05) is 12.8 Å². The summed E-state index contributed by atoms with van der Waals surface area (Å²) in [6.45, 7) is 3.02. The molecule has 0 spiro atoms. The Morgan fingerprint density at radius 1 is 1.33 bits per heavy atom. The van der Waals surface area contributed by atoms with Crippen LogP contribution in [0.15, 0.2) is 4.99 Å². The SMILES string of the molecule is CCOCCOC(=O)CC=NC(=O)OC. The Labute approximate surface area is 88.2 Å².